The Balaban J connectivity index is 1.98. The number of nitrogens with one attached hydrogen (secondary N) is 1. The van der Waals surface area contributed by atoms with Crippen molar-refractivity contribution in [3.8, 4) is 0 Å². The molecule has 2 atom stereocenters. The number of hydrogen-bond acceptors (Lipinski definition) is 4. The summed E-state index contributed by atoms with van der Waals surface area (Å²) in [6.45, 7) is 6.09. The van der Waals surface area contributed by atoms with E-state index in [-0.39, 0.29) is 18.0 Å². The summed E-state index contributed by atoms with van der Waals surface area (Å²) in [6.07, 6.45) is 0. The summed E-state index contributed by atoms with van der Waals surface area (Å²) >= 11 is 0. The topological polar surface area (TPSA) is 84.4 Å². The van der Waals surface area contributed by atoms with Crippen LogP contribution >= 0.6 is 0 Å². The van der Waals surface area contributed by atoms with Crippen molar-refractivity contribution in [1.82, 2.24) is 15.2 Å². The van der Waals surface area contributed by atoms with Crippen LogP contribution in [0.4, 0.5) is 4.79 Å². The molecule has 6 heteroatoms. The highest BCUT2D eigenvalue weighted by atomic mass is 16.3. The van der Waals surface area contributed by atoms with E-state index in [0.29, 0.717) is 12.4 Å². The molecule has 1 fully saturated rings. The van der Waals surface area contributed by atoms with Gasteiger partial charge >= 0.3 is 6.03 Å². The van der Waals surface area contributed by atoms with Gasteiger partial charge in [0.1, 0.15) is 5.52 Å². The number of urea groups is 1. The van der Waals surface area contributed by atoms with Crippen LogP contribution in [0.15, 0.2) is 22.6 Å². The minimum Gasteiger partial charge on any atom is -0.441 e. The molecule has 1 aromatic heterocycles. The molecule has 2 amide bonds. The van der Waals surface area contributed by atoms with Crippen LogP contribution in [0.25, 0.3) is 11.1 Å². The monoisotopic (exact) mass is 288 g/mol. The van der Waals surface area contributed by atoms with E-state index in [4.69, 9.17) is 10.2 Å². The van der Waals surface area contributed by atoms with Crippen LogP contribution in [0.1, 0.15) is 24.3 Å². The van der Waals surface area contributed by atoms with Gasteiger partial charge in [0, 0.05) is 32.5 Å². The SMILES string of the molecule is Cc1nc2c([C@@H](C)C3CNCCN3C(N)=O)cccc2o1. The highest BCUT2D eigenvalue weighted by Gasteiger charge is 2.31. The number of piperazine rings is 1. The van der Waals surface area contributed by atoms with Gasteiger partial charge in [0.05, 0.1) is 6.04 Å². The van der Waals surface area contributed by atoms with E-state index < -0.39 is 0 Å². The largest absolute Gasteiger partial charge is 0.441 e. The Labute approximate surface area is 123 Å². The minimum atomic E-state index is -0.364. The maximum atomic E-state index is 11.7. The van der Waals surface area contributed by atoms with E-state index >= 15 is 0 Å². The first-order valence-corrected chi connectivity index (χ1v) is 7.21. The zero-order valence-corrected chi connectivity index (χ0v) is 12.3. The average Bonchev–Trinajstić information content (AvgIpc) is 2.86. The number of rotatable bonds is 2. The molecular formula is C15H20N4O2. The Bertz CT molecular complexity index is 667. The summed E-state index contributed by atoms with van der Waals surface area (Å²) in [5, 5.41) is 3.33. The van der Waals surface area contributed by atoms with Crippen LogP contribution in [0, 0.1) is 6.92 Å². The van der Waals surface area contributed by atoms with Crippen LogP contribution in [0.2, 0.25) is 0 Å². The van der Waals surface area contributed by atoms with Gasteiger partial charge in [-0.15, -0.1) is 0 Å². The molecule has 0 radical (unpaired) electrons. The fourth-order valence-corrected chi connectivity index (χ4v) is 3.10. The number of aryl methyl sites for hydroxylation is 1. The highest BCUT2D eigenvalue weighted by molar-refractivity contribution is 5.78. The van der Waals surface area contributed by atoms with Crippen LogP contribution in [-0.4, -0.2) is 41.6 Å². The molecule has 1 unspecified atom stereocenters. The average molecular weight is 288 g/mol. The lowest BCUT2D eigenvalue weighted by Gasteiger charge is -2.38. The molecule has 0 bridgehead atoms. The number of carbonyl (C=O) groups excluding carboxylic acids is 1. The number of primary amides is 1. The Morgan fingerprint density at radius 2 is 2.38 bits per heavy atom. The zero-order valence-electron chi connectivity index (χ0n) is 12.3. The van der Waals surface area contributed by atoms with E-state index in [0.717, 1.165) is 29.8 Å². The normalized spacial score (nSPS) is 20.7. The van der Waals surface area contributed by atoms with Crippen molar-refractivity contribution in [3.63, 3.8) is 0 Å². The molecule has 0 saturated carbocycles. The molecule has 2 aromatic rings. The van der Waals surface area contributed by atoms with Gasteiger partial charge in [-0.1, -0.05) is 19.1 Å². The van der Waals surface area contributed by atoms with Gasteiger partial charge in [-0.3, -0.25) is 0 Å². The summed E-state index contributed by atoms with van der Waals surface area (Å²) in [6, 6.07) is 5.58. The second-order valence-electron chi connectivity index (χ2n) is 5.52. The predicted molar refractivity (Wildman–Crippen MR) is 80.1 cm³/mol. The molecular weight excluding hydrogens is 268 g/mol. The number of carbonyl (C=O) groups is 1. The zero-order chi connectivity index (χ0) is 15.0. The Morgan fingerprint density at radius 3 is 3.14 bits per heavy atom. The third-order valence-electron chi connectivity index (χ3n) is 4.19. The number of benzene rings is 1. The van der Waals surface area contributed by atoms with E-state index in [1.807, 2.05) is 25.1 Å². The lowest BCUT2D eigenvalue weighted by molar-refractivity contribution is 0.155. The smallest absolute Gasteiger partial charge is 0.315 e. The number of aromatic nitrogens is 1. The van der Waals surface area contributed by atoms with Crippen LogP contribution < -0.4 is 11.1 Å². The Hall–Kier alpha value is -2.08. The van der Waals surface area contributed by atoms with Gasteiger partial charge in [-0.25, -0.2) is 9.78 Å². The van der Waals surface area contributed by atoms with Gasteiger partial charge in [-0.2, -0.15) is 0 Å². The van der Waals surface area contributed by atoms with Gasteiger partial charge in [0.15, 0.2) is 11.5 Å². The van der Waals surface area contributed by atoms with Gasteiger partial charge in [0.2, 0.25) is 0 Å². The van der Waals surface area contributed by atoms with Crippen molar-refractivity contribution in [1.29, 1.82) is 0 Å². The van der Waals surface area contributed by atoms with Crippen molar-refractivity contribution < 1.29 is 9.21 Å². The molecule has 3 N–H and O–H groups in total. The number of nitrogens with zero attached hydrogens (tertiary/aromatic N) is 2. The molecule has 1 aromatic carbocycles. The first-order chi connectivity index (χ1) is 10.1. The molecule has 0 aliphatic carbocycles. The van der Waals surface area contributed by atoms with Crippen molar-refractivity contribution in [2.24, 2.45) is 5.73 Å². The van der Waals surface area contributed by atoms with Gasteiger partial charge in [0.25, 0.3) is 0 Å². The molecule has 2 heterocycles. The predicted octanol–water partition coefficient (Wildman–Crippen LogP) is 1.59. The lowest BCUT2D eigenvalue weighted by Crippen LogP contribution is -2.57. The fourth-order valence-electron chi connectivity index (χ4n) is 3.10. The van der Waals surface area contributed by atoms with Gasteiger partial charge in [-0.05, 0) is 11.6 Å². The second kappa shape index (κ2) is 5.37. The third-order valence-corrected chi connectivity index (χ3v) is 4.19. The molecule has 112 valence electrons. The molecule has 3 rings (SSSR count). The third kappa shape index (κ3) is 2.47. The molecule has 1 aliphatic heterocycles. The number of fused-ring (bicyclic) bond motifs is 1. The van der Waals surface area contributed by atoms with Gasteiger partial charge < -0.3 is 20.4 Å². The van der Waals surface area contributed by atoms with Crippen LogP contribution in [0.3, 0.4) is 0 Å². The maximum absolute atomic E-state index is 11.7. The van der Waals surface area contributed by atoms with E-state index in [9.17, 15) is 4.79 Å². The number of amides is 2. The number of para-hydroxylation sites is 1. The fraction of sp³-hybridized carbons (Fsp3) is 0.467. The molecule has 0 spiro atoms. The first-order valence-electron chi connectivity index (χ1n) is 7.21. The van der Waals surface area contributed by atoms with Crippen LogP contribution in [-0.2, 0) is 0 Å². The summed E-state index contributed by atoms with van der Waals surface area (Å²) in [5.74, 6) is 0.775. The minimum absolute atomic E-state index is 0.0267. The number of oxazole rings is 1. The molecule has 6 nitrogen and oxygen atoms in total. The summed E-state index contributed by atoms with van der Waals surface area (Å²) < 4.78 is 5.59. The highest BCUT2D eigenvalue weighted by Crippen LogP contribution is 2.30. The van der Waals surface area contributed by atoms with Crippen molar-refractivity contribution in [2.45, 2.75) is 25.8 Å². The molecule has 21 heavy (non-hydrogen) atoms. The van der Waals surface area contributed by atoms with Crippen molar-refractivity contribution >= 4 is 17.1 Å². The van der Waals surface area contributed by atoms with Crippen LogP contribution in [0.5, 0.6) is 0 Å². The molecule has 1 aliphatic rings. The quantitative estimate of drug-likeness (QED) is 0.879. The van der Waals surface area contributed by atoms with E-state index in [1.165, 1.54) is 0 Å². The second-order valence-corrected chi connectivity index (χ2v) is 5.52. The Morgan fingerprint density at radius 1 is 1.57 bits per heavy atom. The number of nitrogens with two attached hydrogens (primary N) is 1. The van der Waals surface area contributed by atoms with Crippen molar-refractivity contribution in [2.75, 3.05) is 19.6 Å². The summed E-state index contributed by atoms with van der Waals surface area (Å²) in [7, 11) is 0. The maximum Gasteiger partial charge on any atom is 0.315 e. The first kappa shape index (κ1) is 13.9. The Kier molecular flexibility index (Phi) is 3.55. The lowest BCUT2D eigenvalue weighted by atomic mass is 9.90. The summed E-state index contributed by atoms with van der Waals surface area (Å²) in [4.78, 5) is 17.9. The molecule has 1 saturated heterocycles. The van der Waals surface area contributed by atoms with E-state index in [2.05, 4.69) is 17.2 Å². The van der Waals surface area contributed by atoms with E-state index in [1.54, 1.807) is 4.90 Å². The van der Waals surface area contributed by atoms with Crippen molar-refractivity contribution in [3.05, 3.63) is 29.7 Å². The summed E-state index contributed by atoms with van der Waals surface area (Å²) in [5.41, 5.74) is 8.26. The number of hydrogen-bond donors (Lipinski definition) is 2. The standard InChI is InChI=1S/C15H20N4O2/c1-9(12-8-17-6-7-19(12)15(16)20)11-4-3-5-13-14(11)18-10(2)21-13/h3-5,9,12,17H,6-8H2,1-2H3,(H2,16,20)/t9-,12?/m1/s1.